The number of hydrogen-bond acceptors (Lipinski definition) is 2. The number of anilines is 2. The molecule has 1 aliphatic heterocycles. The van der Waals surface area contributed by atoms with Crippen LogP contribution in [0.2, 0.25) is 19.6 Å². The second-order valence-electron chi connectivity index (χ2n) is 9.02. The van der Waals surface area contributed by atoms with Crippen LogP contribution < -0.4 is 14.7 Å². The number of fused-ring (bicyclic) bond motifs is 3. The maximum atomic E-state index is 4.82. The Kier molecular flexibility index (Phi) is 3.50. The maximum absolute atomic E-state index is 4.82. The molecule has 140 valence electrons. The van der Waals surface area contributed by atoms with Crippen LogP contribution in [0.15, 0.2) is 48.8 Å². The fourth-order valence-corrected chi connectivity index (χ4v) is 5.68. The second-order valence-corrected chi connectivity index (χ2v) is 14.1. The van der Waals surface area contributed by atoms with Crippen LogP contribution in [0.25, 0.3) is 32.9 Å². The highest BCUT2D eigenvalue weighted by atomic mass is 28.3. The quantitative estimate of drug-likeness (QED) is 0.346. The molecule has 0 bridgehead atoms. The number of hydrogen-bond donors (Lipinski definition) is 0. The van der Waals surface area contributed by atoms with Gasteiger partial charge in [-0.1, -0.05) is 49.1 Å². The Hall–Kier alpha value is -2.72. The van der Waals surface area contributed by atoms with Crippen LogP contribution in [0.1, 0.15) is 5.56 Å². The predicted molar refractivity (Wildman–Crippen MR) is 122 cm³/mol. The van der Waals surface area contributed by atoms with Crippen molar-refractivity contribution in [3.05, 3.63) is 54.4 Å². The van der Waals surface area contributed by atoms with Gasteiger partial charge in [0.15, 0.2) is 5.52 Å². The maximum Gasteiger partial charge on any atom is 0.287 e. The van der Waals surface area contributed by atoms with Crippen molar-refractivity contribution in [3.63, 3.8) is 0 Å². The van der Waals surface area contributed by atoms with Gasteiger partial charge in [0.1, 0.15) is 5.69 Å². The first-order chi connectivity index (χ1) is 13.3. The van der Waals surface area contributed by atoms with Gasteiger partial charge in [0.05, 0.1) is 31.9 Å². The van der Waals surface area contributed by atoms with Crippen LogP contribution in [0.3, 0.4) is 0 Å². The van der Waals surface area contributed by atoms with Crippen molar-refractivity contribution < 1.29 is 4.57 Å². The van der Waals surface area contributed by atoms with Gasteiger partial charge in [0.2, 0.25) is 0 Å². The van der Waals surface area contributed by atoms with Gasteiger partial charge in [-0.05, 0) is 46.4 Å². The van der Waals surface area contributed by atoms with Gasteiger partial charge in [-0.2, -0.15) is 0 Å². The highest BCUT2D eigenvalue weighted by Gasteiger charge is 2.32. The number of rotatable bonds is 1. The summed E-state index contributed by atoms with van der Waals surface area (Å²) in [4.78, 5) is 7.19. The highest BCUT2D eigenvalue weighted by Crippen LogP contribution is 2.47. The van der Waals surface area contributed by atoms with Gasteiger partial charge in [-0.25, -0.2) is 4.57 Å². The van der Waals surface area contributed by atoms with E-state index in [2.05, 4.69) is 92.6 Å². The van der Waals surface area contributed by atoms with E-state index in [0.29, 0.717) is 0 Å². The lowest BCUT2D eigenvalue weighted by atomic mass is 9.90. The van der Waals surface area contributed by atoms with Crippen molar-refractivity contribution >= 4 is 46.3 Å². The summed E-state index contributed by atoms with van der Waals surface area (Å²) in [6, 6.07) is 15.8. The van der Waals surface area contributed by atoms with Crippen LogP contribution in [0.5, 0.6) is 0 Å². The average Bonchev–Trinajstić information content (AvgIpc) is 2.66. The van der Waals surface area contributed by atoms with Gasteiger partial charge in [0, 0.05) is 12.6 Å². The molecule has 0 amide bonds. The Bertz CT molecular complexity index is 1280. The zero-order valence-electron chi connectivity index (χ0n) is 17.5. The minimum atomic E-state index is -1.45. The van der Waals surface area contributed by atoms with E-state index in [1.165, 1.54) is 49.5 Å². The lowest BCUT2D eigenvalue weighted by Gasteiger charge is -2.31. The summed E-state index contributed by atoms with van der Waals surface area (Å²) in [5, 5.41) is 5.33. The number of nitrogens with zero attached hydrogens (tertiary/aromatic N) is 3. The second kappa shape index (κ2) is 5.64. The summed E-state index contributed by atoms with van der Waals surface area (Å²) >= 11 is 0. The van der Waals surface area contributed by atoms with E-state index in [9.17, 15) is 0 Å². The first kappa shape index (κ1) is 17.4. The fraction of sp³-hybridized carbons (Fsp3) is 0.250. The summed E-state index contributed by atoms with van der Waals surface area (Å²) in [6.07, 6.45) is 1.97. The van der Waals surface area contributed by atoms with Gasteiger partial charge in [-0.15, -0.1) is 0 Å². The van der Waals surface area contributed by atoms with E-state index in [4.69, 9.17) is 4.98 Å². The Balaban J connectivity index is 1.98. The molecule has 3 aromatic carbocycles. The molecule has 28 heavy (non-hydrogen) atoms. The van der Waals surface area contributed by atoms with E-state index < -0.39 is 8.07 Å². The normalized spacial score (nSPS) is 13.3. The molecule has 0 atom stereocenters. The highest BCUT2D eigenvalue weighted by molar-refractivity contribution is 6.88. The number of aryl methyl sites for hydroxylation is 2. The van der Waals surface area contributed by atoms with E-state index in [-0.39, 0.29) is 0 Å². The monoisotopic (exact) mass is 384 g/mol. The molecule has 2 heterocycles. The van der Waals surface area contributed by atoms with Crippen molar-refractivity contribution in [2.24, 2.45) is 7.05 Å². The van der Waals surface area contributed by atoms with E-state index >= 15 is 0 Å². The van der Waals surface area contributed by atoms with E-state index in [1.54, 1.807) is 0 Å². The summed E-state index contributed by atoms with van der Waals surface area (Å²) in [7, 11) is 2.86. The SMILES string of the molecule is Cc1c2c(cc3ccccc13)N(C)c1cc([Si](C)(C)C)cc3nc[n+](C)c-2c13. The largest absolute Gasteiger partial charge is 0.343 e. The predicted octanol–water partition coefficient (Wildman–Crippen LogP) is 4.81. The Morgan fingerprint density at radius 3 is 2.50 bits per heavy atom. The van der Waals surface area contributed by atoms with Gasteiger partial charge in [-0.3, -0.25) is 0 Å². The summed E-state index contributed by atoms with van der Waals surface area (Å²) < 4.78 is 2.19. The minimum absolute atomic E-state index is 1.10. The Labute approximate surface area is 167 Å². The first-order valence-corrected chi connectivity index (χ1v) is 13.4. The summed E-state index contributed by atoms with van der Waals surface area (Å²) in [5.41, 5.74) is 7.59. The van der Waals surface area contributed by atoms with Gasteiger partial charge in [0.25, 0.3) is 6.33 Å². The molecule has 0 spiro atoms. The van der Waals surface area contributed by atoms with Crippen LogP contribution >= 0.6 is 0 Å². The molecule has 0 N–H and O–H groups in total. The first-order valence-electron chi connectivity index (χ1n) is 9.86. The molecule has 0 unspecified atom stereocenters. The van der Waals surface area contributed by atoms with Crippen molar-refractivity contribution in [3.8, 4) is 11.3 Å². The summed E-state index contributed by atoms with van der Waals surface area (Å²) in [5.74, 6) is 0. The lowest BCUT2D eigenvalue weighted by Crippen LogP contribution is -2.39. The molecule has 3 nitrogen and oxygen atoms in total. The molecule has 1 aromatic heterocycles. The molecule has 0 saturated heterocycles. The van der Waals surface area contributed by atoms with Crippen molar-refractivity contribution in [1.29, 1.82) is 0 Å². The standard InChI is InChI=1S/C24H26N3Si/c1-15-18-10-8-7-9-16(18)11-20-22(15)24-23-19(25-14-26(24)2)12-17(28(4,5)6)13-21(23)27(20)3/h7-14H,1-6H3/q+1. The Morgan fingerprint density at radius 2 is 1.75 bits per heavy atom. The van der Waals surface area contributed by atoms with Gasteiger partial charge >= 0.3 is 0 Å². The molecule has 4 aromatic rings. The molecule has 0 aliphatic carbocycles. The molecule has 4 heteroatoms. The third-order valence-corrected chi connectivity index (χ3v) is 8.19. The van der Waals surface area contributed by atoms with E-state index in [1.807, 2.05) is 6.33 Å². The third kappa shape index (κ3) is 2.27. The van der Waals surface area contributed by atoms with Gasteiger partial charge < -0.3 is 4.90 Å². The lowest BCUT2D eigenvalue weighted by molar-refractivity contribution is -0.662. The molecule has 0 radical (unpaired) electrons. The minimum Gasteiger partial charge on any atom is -0.343 e. The molecular formula is C24H26N3Si+. The third-order valence-electron chi connectivity index (χ3n) is 6.17. The molecular weight excluding hydrogens is 358 g/mol. The van der Waals surface area contributed by atoms with E-state index in [0.717, 1.165) is 5.52 Å². The smallest absolute Gasteiger partial charge is 0.287 e. The molecule has 0 saturated carbocycles. The topological polar surface area (TPSA) is 20.0 Å². The number of aromatic nitrogens is 2. The van der Waals surface area contributed by atoms with Crippen LogP contribution in [0.4, 0.5) is 11.4 Å². The zero-order chi connectivity index (χ0) is 19.8. The fourth-order valence-electron chi connectivity index (χ4n) is 4.54. The van der Waals surface area contributed by atoms with Crippen molar-refractivity contribution in [1.82, 2.24) is 4.98 Å². The van der Waals surface area contributed by atoms with Crippen LogP contribution in [-0.4, -0.2) is 20.1 Å². The molecule has 1 aliphatic rings. The number of benzene rings is 3. The molecule has 0 fully saturated rings. The van der Waals surface area contributed by atoms with Crippen LogP contribution in [0, 0.1) is 6.92 Å². The van der Waals surface area contributed by atoms with Crippen molar-refractivity contribution in [2.75, 3.05) is 11.9 Å². The van der Waals surface area contributed by atoms with Crippen LogP contribution in [-0.2, 0) is 7.05 Å². The van der Waals surface area contributed by atoms with Crippen molar-refractivity contribution in [2.45, 2.75) is 26.6 Å². The average molecular weight is 385 g/mol. The zero-order valence-corrected chi connectivity index (χ0v) is 18.5. The summed E-state index contributed by atoms with van der Waals surface area (Å²) in [6.45, 7) is 9.46. The molecule has 5 rings (SSSR count). The Morgan fingerprint density at radius 1 is 1.00 bits per heavy atom.